The van der Waals surface area contributed by atoms with Crippen LogP contribution in [-0.4, -0.2) is 35.8 Å². The van der Waals surface area contributed by atoms with Gasteiger partial charge in [0.1, 0.15) is 11.6 Å². The van der Waals surface area contributed by atoms with Crippen molar-refractivity contribution >= 4 is 11.8 Å². The van der Waals surface area contributed by atoms with Crippen LogP contribution in [0.15, 0.2) is 35.3 Å². The number of nitrogens with zero attached hydrogens (tertiary/aromatic N) is 1. The van der Waals surface area contributed by atoms with Gasteiger partial charge in [0, 0.05) is 18.8 Å². The second-order valence-electron chi connectivity index (χ2n) is 6.55. The van der Waals surface area contributed by atoms with Gasteiger partial charge in [-0.15, -0.1) is 0 Å². The molecule has 0 radical (unpaired) electrons. The summed E-state index contributed by atoms with van der Waals surface area (Å²) in [6.07, 6.45) is 2.95. The number of carbonyl (C=O) groups is 2. The molecule has 8 heteroatoms. The van der Waals surface area contributed by atoms with E-state index in [0.29, 0.717) is 35.7 Å². The highest BCUT2D eigenvalue weighted by atomic mass is 16.7. The number of nitrogens with one attached hydrogen (secondary N) is 2. The van der Waals surface area contributed by atoms with E-state index >= 15 is 0 Å². The Morgan fingerprint density at radius 3 is 2.85 bits per heavy atom. The van der Waals surface area contributed by atoms with Gasteiger partial charge >= 0.3 is 0 Å². The van der Waals surface area contributed by atoms with Gasteiger partial charge in [-0.2, -0.15) is 0 Å². The van der Waals surface area contributed by atoms with E-state index in [1.165, 1.54) is 4.57 Å². The van der Waals surface area contributed by atoms with Crippen molar-refractivity contribution in [2.24, 2.45) is 0 Å². The van der Waals surface area contributed by atoms with Crippen LogP contribution in [0.1, 0.15) is 28.8 Å². The SMILES string of the molecule is Cc1ccn(-c2ccc3c(c2)OCO3)c(=O)c1C(=O)NC1CCCNC1=O. The number of aryl methyl sites for hydroxylation is 1. The molecule has 1 fully saturated rings. The smallest absolute Gasteiger partial charge is 0.268 e. The van der Waals surface area contributed by atoms with Crippen molar-refractivity contribution in [2.45, 2.75) is 25.8 Å². The second-order valence-corrected chi connectivity index (χ2v) is 6.55. The highest BCUT2D eigenvalue weighted by Crippen LogP contribution is 2.33. The standard InChI is InChI=1S/C19H19N3O5/c1-11-6-8-22(12-4-5-14-15(9-12)27-10-26-14)19(25)16(11)18(24)21-13-3-2-7-20-17(13)23/h4-6,8-9,13H,2-3,7,10H2,1H3,(H,20,23)(H,21,24). The molecule has 1 aromatic carbocycles. The predicted octanol–water partition coefficient (Wildman–Crippen LogP) is 0.883. The molecule has 1 aromatic heterocycles. The van der Waals surface area contributed by atoms with E-state index in [9.17, 15) is 14.4 Å². The fourth-order valence-electron chi connectivity index (χ4n) is 3.28. The molecule has 2 aliphatic rings. The maximum Gasteiger partial charge on any atom is 0.268 e. The third kappa shape index (κ3) is 3.14. The van der Waals surface area contributed by atoms with Gasteiger partial charge in [-0.3, -0.25) is 19.0 Å². The zero-order valence-electron chi connectivity index (χ0n) is 14.8. The molecule has 2 amide bonds. The normalized spacial score (nSPS) is 18.1. The number of piperidine rings is 1. The Hall–Kier alpha value is -3.29. The number of hydrogen-bond acceptors (Lipinski definition) is 5. The Labute approximate surface area is 155 Å². The van der Waals surface area contributed by atoms with Crippen LogP contribution in [0.4, 0.5) is 0 Å². The number of pyridine rings is 1. The van der Waals surface area contributed by atoms with Crippen molar-refractivity contribution in [3.8, 4) is 17.2 Å². The van der Waals surface area contributed by atoms with Crippen LogP contribution in [-0.2, 0) is 4.79 Å². The summed E-state index contributed by atoms with van der Waals surface area (Å²) in [5.41, 5.74) is 0.676. The lowest BCUT2D eigenvalue weighted by Gasteiger charge is -2.23. The number of benzene rings is 1. The monoisotopic (exact) mass is 369 g/mol. The van der Waals surface area contributed by atoms with Crippen LogP contribution in [0.25, 0.3) is 5.69 Å². The van der Waals surface area contributed by atoms with E-state index in [1.54, 1.807) is 37.4 Å². The molecule has 4 rings (SSSR count). The number of amides is 2. The minimum atomic E-state index is -0.621. The molecule has 0 bridgehead atoms. The first-order valence-electron chi connectivity index (χ1n) is 8.75. The van der Waals surface area contributed by atoms with E-state index in [0.717, 1.165) is 6.42 Å². The lowest BCUT2D eigenvalue weighted by atomic mass is 10.1. The fraction of sp³-hybridized carbons (Fsp3) is 0.316. The molecule has 2 N–H and O–H groups in total. The molecular formula is C19H19N3O5. The van der Waals surface area contributed by atoms with Crippen molar-refractivity contribution in [3.05, 3.63) is 51.9 Å². The largest absolute Gasteiger partial charge is 0.454 e. The maximum atomic E-state index is 13.0. The molecule has 0 aliphatic carbocycles. The first-order valence-corrected chi connectivity index (χ1v) is 8.75. The van der Waals surface area contributed by atoms with Crippen molar-refractivity contribution in [1.29, 1.82) is 0 Å². The predicted molar refractivity (Wildman–Crippen MR) is 96.4 cm³/mol. The van der Waals surface area contributed by atoms with Gasteiger partial charge < -0.3 is 20.1 Å². The van der Waals surface area contributed by atoms with Gasteiger partial charge in [0.25, 0.3) is 11.5 Å². The van der Waals surface area contributed by atoms with Crippen molar-refractivity contribution < 1.29 is 19.1 Å². The molecular weight excluding hydrogens is 350 g/mol. The maximum absolute atomic E-state index is 13.0. The molecule has 8 nitrogen and oxygen atoms in total. The first-order chi connectivity index (χ1) is 13.0. The van der Waals surface area contributed by atoms with Gasteiger partial charge in [0.05, 0.1) is 5.69 Å². The Bertz CT molecular complexity index is 982. The molecule has 1 atom stereocenters. The quantitative estimate of drug-likeness (QED) is 0.837. The molecule has 0 saturated carbocycles. The van der Waals surface area contributed by atoms with E-state index < -0.39 is 17.5 Å². The summed E-state index contributed by atoms with van der Waals surface area (Å²) in [6, 6.07) is 6.21. The summed E-state index contributed by atoms with van der Waals surface area (Å²) >= 11 is 0. The molecule has 3 heterocycles. The topological polar surface area (TPSA) is 98.7 Å². The molecule has 140 valence electrons. The summed E-state index contributed by atoms with van der Waals surface area (Å²) < 4.78 is 12.0. The van der Waals surface area contributed by atoms with Crippen LogP contribution in [0, 0.1) is 6.92 Å². The Morgan fingerprint density at radius 2 is 2.04 bits per heavy atom. The summed E-state index contributed by atoms with van der Waals surface area (Å²) in [5.74, 6) is 0.388. The summed E-state index contributed by atoms with van der Waals surface area (Å²) in [4.78, 5) is 37.6. The minimum absolute atomic E-state index is 0.0218. The molecule has 27 heavy (non-hydrogen) atoms. The summed E-state index contributed by atoms with van der Waals surface area (Å²) in [5, 5.41) is 5.39. The van der Waals surface area contributed by atoms with Crippen LogP contribution in [0.2, 0.25) is 0 Å². The Balaban J connectivity index is 1.67. The molecule has 2 aliphatic heterocycles. The van der Waals surface area contributed by atoms with Crippen molar-refractivity contribution in [3.63, 3.8) is 0 Å². The van der Waals surface area contributed by atoms with E-state index in [1.807, 2.05) is 0 Å². The third-order valence-electron chi connectivity index (χ3n) is 4.75. The number of ether oxygens (including phenoxy) is 2. The lowest BCUT2D eigenvalue weighted by molar-refractivity contribution is -0.124. The highest BCUT2D eigenvalue weighted by Gasteiger charge is 2.26. The van der Waals surface area contributed by atoms with Gasteiger partial charge in [0.15, 0.2) is 11.5 Å². The first kappa shape index (κ1) is 17.1. The fourth-order valence-corrected chi connectivity index (χ4v) is 3.28. The molecule has 2 aromatic rings. The highest BCUT2D eigenvalue weighted by molar-refractivity contribution is 5.98. The zero-order chi connectivity index (χ0) is 19.0. The van der Waals surface area contributed by atoms with Gasteiger partial charge in [-0.1, -0.05) is 0 Å². The van der Waals surface area contributed by atoms with Gasteiger partial charge in [-0.25, -0.2) is 0 Å². The number of carbonyl (C=O) groups excluding carboxylic acids is 2. The number of aromatic nitrogens is 1. The van der Waals surface area contributed by atoms with E-state index in [-0.39, 0.29) is 18.3 Å². The lowest BCUT2D eigenvalue weighted by Crippen LogP contribution is -2.51. The molecule has 1 saturated heterocycles. The van der Waals surface area contributed by atoms with E-state index in [2.05, 4.69) is 10.6 Å². The van der Waals surface area contributed by atoms with Crippen molar-refractivity contribution in [1.82, 2.24) is 15.2 Å². The van der Waals surface area contributed by atoms with Crippen LogP contribution >= 0.6 is 0 Å². The average Bonchev–Trinajstić information content (AvgIpc) is 3.11. The van der Waals surface area contributed by atoms with E-state index in [4.69, 9.17) is 9.47 Å². The molecule has 0 spiro atoms. The third-order valence-corrected chi connectivity index (χ3v) is 4.75. The number of rotatable bonds is 3. The Morgan fingerprint density at radius 1 is 1.22 bits per heavy atom. The van der Waals surface area contributed by atoms with Gasteiger partial charge in [0.2, 0.25) is 12.7 Å². The van der Waals surface area contributed by atoms with Crippen LogP contribution in [0.3, 0.4) is 0 Å². The van der Waals surface area contributed by atoms with Crippen LogP contribution in [0.5, 0.6) is 11.5 Å². The Kier molecular flexibility index (Phi) is 4.31. The van der Waals surface area contributed by atoms with Gasteiger partial charge in [-0.05, 0) is 43.5 Å². The van der Waals surface area contributed by atoms with Crippen LogP contribution < -0.4 is 25.7 Å². The zero-order valence-corrected chi connectivity index (χ0v) is 14.8. The molecule has 1 unspecified atom stereocenters. The summed E-state index contributed by atoms with van der Waals surface area (Å²) in [6.45, 7) is 2.44. The number of hydrogen-bond donors (Lipinski definition) is 2. The minimum Gasteiger partial charge on any atom is -0.454 e. The number of fused-ring (bicyclic) bond motifs is 1. The summed E-state index contributed by atoms with van der Waals surface area (Å²) in [7, 11) is 0. The average molecular weight is 369 g/mol. The second kappa shape index (κ2) is 6.79. The van der Waals surface area contributed by atoms with Crippen molar-refractivity contribution in [2.75, 3.05) is 13.3 Å².